The zero-order chi connectivity index (χ0) is 24.1. The molecule has 0 spiro atoms. The molecular weight excluding hydrogens is 450 g/mol. The van der Waals surface area contributed by atoms with Crippen LogP contribution in [-0.2, 0) is 6.42 Å². The second-order valence-electron chi connectivity index (χ2n) is 7.63. The maximum Gasteiger partial charge on any atom is 0.291 e. The molecule has 0 saturated heterocycles. The van der Waals surface area contributed by atoms with E-state index in [1.54, 1.807) is 26.4 Å². The van der Waals surface area contributed by atoms with Crippen molar-refractivity contribution in [2.24, 2.45) is 0 Å². The Morgan fingerprint density at radius 1 is 1.09 bits per heavy atom. The minimum atomic E-state index is -0.372. The van der Waals surface area contributed by atoms with Gasteiger partial charge in [0.1, 0.15) is 22.3 Å². The highest BCUT2D eigenvalue weighted by Gasteiger charge is 2.26. The van der Waals surface area contributed by atoms with Gasteiger partial charge in [0, 0.05) is 21.7 Å². The molecule has 0 bridgehead atoms. The maximum atomic E-state index is 12.8. The third kappa shape index (κ3) is 5.07. The summed E-state index contributed by atoms with van der Waals surface area (Å²) in [7, 11) is 3.27. The van der Waals surface area contributed by atoms with Crippen molar-refractivity contribution in [1.82, 2.24) is 4.98 Å². The zero-order valence-corrected chi connectivity index (χ0v) is 20.4. The van der Waals surface area contributed by atoms with Crippen LogP contribution in [-0.4, -0.2) is 25.1 Å². The maximum absolute atomic E-state index is 12.8. The highest BCUT2D eigenvalue weighted by molar-refractivity contribution is 7.16. The van der Waals surface area contributed by atoms with Gasteiger partial charge in [-0.1, -0.05) is 13.0 Å². The highest BCUT2D eigenvalue weighted by Crippen LogP contribution is 2.42. The van der Waals surface area contributed by atoms with Gasteiger partial charge in [-0.25, -0.2) is 4.98 Å². The van der Waals surface area contributed by atoms with Gasteiger partial charge in [-0.2, -0.15) is 0 Å². The van der Waals surface area contributed by atoms with E-state index >= 15 is 0 Å². The van der Waals surface area contributed by atoms with E-state index in [9.17, 15) is 4.79 Å². The third-order valence-corrected chi connectivity index (χ3v) is 6.58. The molecule has 1 amide bonds. The molecule has 7 nitrogen and oxygen atoms in total. The molecule has 0 aliphatic carbocycles. The summed E-state index contributed by atoms with van der Waals surface area (Å²) in [5.74, 6) is 2.05. The number of hydrogen-bond donors (Lipinski definition) is 2. The Bertz CT molecular complexity index is 1270. The van der Waals surface area contributed by atoms with Crippen LogP contribution in [0.2, 0.25) is 0 Å². The molecular formula is C26H27N3O4S. The fraction of sp³-hybridized carbons (Fsp3) is 0.231. The lowest BCUT2D eigenvalue weighted by atomic mass is 9.98. The zero-order valence-electron chi connectivity index (χ0n) is 19.5. The average molecular weight is 478 g/mol. The summed E-state index contributed by atoms with van der Waals surface area (Å²) < 4.78 is 16.5. The molecule has 4 rings (SSSR count). The topological polar surface area (TPSA) is 85.6 Å². The molecule has 34 heavy (non-hydrogen) atoms. The number of ether oxygens (including phenoxy) is 2. The number of aryl methyl sites for hydroxylation is 2. The van der Waals surface area contributed by atoms with Crippen LogP contribution < -0.4 is 20.1 Å². The number of hydrogen-bond acceptors (Lipinski definition) is 7. The quantitative estimate of drug-likeness (QED) is 0.304. The van der Waals surface area contributed by atoms with Crippen molar-refractivity contribution in [3.63, 3.8) is 0 Å². The lowest BCUT2D eigenvalue weighted by Gasteiger charge is -2.23. The number of methoxy groups -OCH3 is 2. The van der Waals surface area contributed by atoms with E-state index in [4.69, 9.17) is 13.9 Å². The van der Waals surface area contributed by atoms with E-state index in [1.165, 1.54) is 17.6 Å². The second-order valence-corrected chi connectivity index (χ2v) is 8.77. The number of anilines is 2. The van der Waals surface area contributed by atoms with Crippen LogP contribution in [0.25, 0.3) is 0 Å². The van der Waals surface area contributed by atoms with Crippen molar-refractivity contribution in [2.75, 3.05) is 24.9 Å². The molecule has 0 aliphatic heterocycles. The molecule has 2 N–H and O–H groups in total. The van der Waals surface area contributed by atoms with Gasteiger partial charge in [-0.15, -0.1) is 11.3 Å². The number of rotatable bonds is 9. The molecule has 1 atom stereocenters. The first kappa shape index (κ1) is 23.4. The first-order chi connectivity index (χ1) is 16.5. The summed E-state index contributed by atoms with van der Waals surface area (Å²) in [6, 6.07) is 16.6. The van der Waals surface area contributed by atoms with Crippen LogP contribution >= 0.6 is 11.3 Å². The van der Waals surface area contributed by atoms with Gasteiger partial charge in [-0.3, -0.25) is 4.79 Å². The van der Waals surface area contributed by atoms with E-state index in [-0.39, 0.29) is 17.7 Å². The second kappa shape index (κ2) is 10.4. The first-order valence-corrected chi connectivity index (χ1v) is 11.7. The lowest BCUT2D eigenvalue weighted by Crippen LogP contribution is -2.17. The SMILES string of the molecule is CCc1cc([C@H](Nc2cccc(C)n2)c2cc(OC)ccc2OC)c(NC(=O)c2ccco2)s1. The predicted octanol–water partition coefficient (Wildman–Crippen LogP) is 6.08. The van der Waals surface area contributed by atoms with Crippen molar-refractivity contribution in [2.45, 2.75) is 26.3 Å². The van der Waals surface area contributed by atoms with Crippen LogP contribution in [0.15, 0.2) is 65.3 Å². The summed E-state index contributed by atoms with van der Waals surface area (Å²) in [5, 5.41) is 7.31. The molecule has 8 heteroatoms. The van der Waals surface area contributed by atoms with Crippen molar-refractivity contribution in [1.29, 1.82) is 0 Å². The van der Waals surface area contributed by atoms with E-state index in [0.717, 1.165) is 33.1 Å². The number of furan rings is 1. The minimum absolute atomic E-state index is 0.251. The normalized spacial score (nSPS) is 11.6. The fourth-order valence-electron chi connectivity index (χ4n) is 3.68. The monoisotopic (exact) mass is 477 g/mol. The Labute approximate surface area is 202 Å². The van der Waals surface area contributed by atoms with Gasteiger partial charge in [0.05, 0.1) is 26.5 Å². The van der Waals surface area contributed by atoms with E-state index in [0.29, 0.717) is 17.3 Å². The summed E-state index contributed by atoms with van der Waals surface area (Å²) >= 11 is 1.54. The highest BCUT2D eigenvalue weighted by atomic mass is 32.1. The summed E-state index contributed by atoms with van der Waals surface area (Å²) in [6.07, 6.45) is 2.32. The van der Waals surface area contributed by atoms with Gasteiger partial charge in [-0.05, 0) is 61.9 Å². The fourth-order valence-corrected chi connectivity index (χ4v) is 4.71. The van der Waals surface area contributed by atoms with Crippen LogP contribution in [0, 0.1) is 6.92 Å². The largest absolute Gasteiger partial charge is 0.497 e. The average Bonchev–Trinajstić information content (AvgIpc) is 3.53. The van der Waals surface area contributed by atoms with Crippen molar-refractivity contribution in [3.05, 3.63) is 88.3 Å². The standard InChI is InChI=1S/C26H27N3O4S/c1-5-18-15-20(26(34-18)29-25(30)22-9-7-13-33-22)24(28-23-10-6-8-16(2)27-23)19-14-17(31-3)11-12-21(19)32-4/h6-15,24H,5H2,1-4H3,(H,27,28)(H,29,30)/t24-/m1/s1. The van der Waals surface area contributed by atoms with E-state index in [2.05, 4.69) is 28.6 Å². The first-order valence-electron chi connectivity index (χ1n) is 10.9. The van der Waals surface area contributed by atoms with Gasteiger partial charge >= 0.3 is 0 Å². The number of nitrogens with one attached hydrogen (secondary N) is 2. The molecule has 3 heterocycles. The Balaban J connectivity index is 1.83. The number of amides is 1. The number of benzene rings is 1. The number of aromatic nitrogens is 1. The molecule has 0 aliphatic rings. The molecule has 0 fully saturated rings. The van der Waals surface area contributed by atoms with Gasteiger partial charge in [0.25, 0.3) is 5.91 Å². The van der Waals surface area contributed by atoms with Crippen LogP contribution in [0.4, 0.5) is 10.8 Å². The summed E-state index contributed by atoms with van der Waals surface area (Å²) in [6.45, 7) is 4.03. The molecule has 4 aromatic rings. The van der Waals surface area contributed by atoms with Crippen molar-refractivity contribution >= 4 is 28.1 Å². The van der Waals surface area contributed by atoms with Gasteiger partial charge in [0.15, 0.2) is 5.76 Å². The third-order valence-electron chi connectivity index (χ3n) is 5.37. The predicted molar refractivity (Wildman–Crippen MR) is 134 cm³/mol. The minimum Gasteiger partial charge on any atom is -0.497 e. The summed E-state index contributed by atoms with van der Waals surface area (Å²) in [4.78, 5) is 18.6. The molecule has 1 aromatic carbocycles. The number of carbonyl (C=O) groups excluding carboxylic acids is 1. The Kier molecular flexibility index (Phi) is 7.18. The molecule has 0 saturated carbocycles. The molecule has 0 radical (unpaired) electrons. The lowest BCUT2D eigenvalue weighted by molar-refractivity contribution is 0.0997. The van der Waals surface area contributed by atoms with Gasteiger partial charge in [0.2, 0.25) is 0 Å². The van der Waals surface area contributed by atoms with Crippen molar-refractivity contribution in [3.8, 4) is 11.5 Å². The smallest absolute Gasteiger partial charge is 0.291 e. The van der Waals surface area contributed by atoms with Crippen LogP contribution in [0.5, 0.6) is 11.5 Å². The van der Waals surface area contributed by atoms with Crippen LogP contribution in [0.1, 0.15) is 45.2 Å². The molecule has 176 valence electrons. The number of carbonyl (C=O) groups is 1. The van der Waals surface area contributed by atoms with E-state index < -0.39 is 0 Å². The number of thiophene rings is 1. The Morgan fingerprint density at radius 3 is 2.62 bits per heavy atom. The number of nitrogens with zero attached hydrogens (tertiary/aromatic N) is 1. The number of pyridine rings is 1. The van der Waals surface area contributed by atoms with Crippen molar-refractivity contribution < 1.29 is 18.7 Å². The molecule has 0 unspecified atom stereocenters. The summed E-state index contributed by atoms with van der Waals surface area (Å²) in [5.41, 5.74) is 2.66. The van der Waals surface area contributed by atoms with E-state index in [1.807, 2.05) is 43.3 Å². The van der Waals surface area contributed by atoms with Gasteiger partial charge < -0.3 is 24.5 Å². The Morgan fingerprint density at radius 2 is 1.94 bits per heavy atom. The Hall–Kier alpha value is -3.78. The van der Waals surface area contributed by atoms with Crippen LogP contribution in [0.3, 0.4) is 0 Å². The molecule has 3 aromatic heterocycles.